The van der Waals surface area contributed by atoms with Crippen molar-refractivity contribution in [3.8, 4) is 5.75 Å². The average molecular weight is 262 g/mol. The highest BCUT2D eigenvalue weighted by Crippen LogP contribution is 2.30. The number of anilines is 1. The molecule has 1 aliphatic rings. The topological polar surface area (TPSA) is 55.6 Å². The number of methoxy groups -OCH3 is 1. The molecule has 2 N–H and O–H groups in total. The van der Waals surface area contributed by atoms with E-state index in [-0.39, 0.29) is 5.91 Å². The van der Waals surface area contributed by atoms with Gasteiger partial charge in [-0.05, 0) is 37.0 Å². The van der Waals surface area contributed by atoms with Crippen LogP contribution in [0.1, 0.15) is 37.0 Å². The molecular formula is C15H22N2O2. The SMILES string of the molecule is COc1ccc(C(=O)N(CC(C)C)C2CC2)cc1N. The summed E-state index contributed by atoms with van der Waals surface area (Å²) in [6, 6.07) is 5.66. The van der Waals surface area contributed by atoms with Gasteiger partial charge in [0.25, 0.3) is 5.91 Å². The Labute approximate surface area is 114 Å². The van der Waals surface area contributed by atoms with Crippen LogP contribution in [-0.2, 0) is 0 Å². The first-order chi connectivity index (χ1) is 9.02. The quantitative estimate of drug-likeness (QED) is 0.830. The number of benzene rings is 1. The molecular weight excluding hydrogens is 240 g/mol. The third-order valence-corrected chi connectivity index (χ3v) is 3.29. The van der Waals surface area contributed by atoms with Crippen molar-refractivity contribution >= 4 is 11.6 Å². The van der Waals surface area contributed by atoms with Crippen LogP contribution >= 0.6 is 0 Å². The third kappa shape index (κ3) is 3.19. The van der Waals surface area contributed by atoms with E-state index in [1.807, 2.05) is 4.90 Å². The number of nitrogens with two attached hydrogens (primary N) is 1. The van der Waals surface area contributed by atoms with Crippen molar-refractivity contribution in [3.63, 3.8) is 0 Å². The number of amides is 1. The zero-order valence-electron chi connectivity index (χ0n) is 11.8. The van der Waals surface area contributed by atoms with E-state index >= 15 is 0 Å². The van der Waals surface area contributed by atoms with Crippen molar-refractivity contribution in [2.24, 2.45) is 5.92 Å². The van der Waals surface area contributed by atoms with Crippen molar-refractivity contribution in [3.05, 3.63) is 23.8 Å². The smallest absolute Gasteiger partial charge is 0.254 e. The lowest BCUT2D eigenvalue weighted by atomic mass is 10.1. The summed E-state index contributed by atoms with van der Waals surface area (Å²) < 4.78 is 5.11. The second kappa shape index (κ2) is 5.51. The molecule has 104 valence electrons. The maximum Gasteiger partial charge on any atom is 0.254 e. The Hall–Kier alpha value is -1.71. The number of rotatable bonds is 5. The number of nitrogens with zero attached hydrogens (tertiary/aromatic N) is 1. The lowest BCUT2D eigenvalue weighted by molar-refractivity contribution is 0.0722. The van der Waals surface area contributed by atoms with Gasteiger partial charge in [-0.2, -0.15) is 0 Å². The van der Waals surface area contributed by atoms with Crippen LogP contribution in [0.5, 0.6) is 5.75 Å². The van der Waals surface area contributed by atoms with Gasteiger partial charge in [0, 0.05) is 18.2 Å². The van der Waals surface area contributed by atoms with Gasteiger partial charge in [-0.3, -0.25) is 4.79 Å². The summed E-state index contributed by atoms with van der Waals surface area (Å²) >= 11 is 0. The van der Waals surface area contributed by atoms with Crippen molar-refractivity contribution < 1.29 is 9.53 Å². The van der Waals surface area contributed by atoms with Crippen molar-refractivity contribution in [2.75, 3.05) is 19.4 Å². The molecule has 1 aliphatic carbocycles. The van der Waals surface area contributed by atoms with Crippen LogP contribution in [-0.4, -0.2) is 30.5 Å². The van der Waals surface area contributed by atoms with E-state index in [1.165, 1.54) is 0 Å². The largest absolute Gasteiger partial charge is 0.495 e. The highest BCUT2D eigenvalue weighted by atomic mass is 16.5. The van der Waals surface area contributed by atoms with Crippen LogP contribution in [0.3, 0.4) is 0 Å². The van der Waals surface area contributed by atoms with Gasteiger partial charge in [0.1, 0.15) is 5.75 Å². The highest BCUT2D eigenvalue weighted by Gasteiger charge is 2.33. The Kier molecular flexibility index (Phi) is 3.98. The number of carbonyl (C=O) groups excluding carboxylic acids is 1. The fourth-order valence-corrected chi connectivity index (χ4v) is 2.21. The van der Waals surface area contributed by atoms with Gasteiger partial charge in [0.05, 0.1) is 12.8 Å². The minimum absolute atomic E-state index is 0.0746. The number of ether oxygens (including phenoxy) is 1. The maximum atomic E-state index is 12.5. The molecule has 1 fully saturated rings. The lowest BCUT2D eigenvalue weighted by Gasteiger charge is -2.24. The molecule has 0 aliphatic heterocycles. The van der Waals surface area contributed by atoms with Gasteiger partial charge in [0.15, 0.2) is 0 Å². The molecule has 0 saturated heterocycles. The van der Waals surface area contributed by atoms with Gasteiger partial charge in [-0.15, -0.1) is 0 Å². The zero-order chi connectivity index (χ0) is 14.0. The molecule has 0 atom stereocenters. The summed E-state index contributed by atoms with van der Waals surface area (Å²) in [5, 5.41) is 0. The van der Waals surface area contributed by atoms with E-state index in [0.29, 0.717) is 29.0 Å². The Morgan fingerprint density at radius 3 is 2.63 bits per heavy atom. The number of hydrogen-bond acceptors (Lipinski definition) is 3. The first-order valence-corrected chi connectivity index (χ1v) is 6.77. The van der Waals surface area contributed by atoms with Crippen LogP contribution in [0.4, 0.5) is 5.69 Å². The van der Waals surface area contributed by atoms with Crippen molar-refractivity contribution in [1.29, 1.82) is 0 Å². The summed E-state index contributed by atoms with van der Waals surface area (Å²) in [4.78, 5) is 14.5. The number of hydrogen-bond donors (Lipinski definition) is 1. The number of carbonyl (C=O) groups is 1. The van der Waals surface area contributed by atoms with Gasteiger partial charge in [-0.25, -0.2) is 0 Å². The highest BCUT2D eigenvalue weighted by molar-refractivity contribution is 5.95. The molecule has 1 aromatic rings. The van der Waals surface area contributed by atoms with Gasteiger partial charge in [0.2, 0.25) is 0 Å². The van der Waals surface area contributed by atoms with E-state index in [4.69, 9.17) is 10.5 Å². The van der Waals surface area contributed by atoms with Crippen molar-refractivity contribution in [2.45, 2.75) is 32.7 Å². The molecule has 0 heterocycles. The molecule has 2 rings (SSSR count). The molecule has 1 amide bonds. The molecule has 19 heavy (non-hydrogen) atoms. The Bertz CT molecular complexity index is 467. The molecule has 4 heteroatoms. The van der Waals surface area contributed by atoms with E-state index in [0.717, 1.165) is 19.4 Å². The summed E-state index contributed by atoms with van der Waals surface area (Å²) in [6.07, 6.45) is 2.23. The normalized spacial score (nSPS) is 14.5. The summed E-state index contributed by atoms with van der Waals surface area (Å²) in [6.45, 7) is 5.06. The van der Waals surface area contributed by atoms with E-state index in [9.17, 15) is 4.79 Å². The predicted molar refractivity (Wildman–Crippen MR) is 76.3 cm³/mol. The van der Waals surface area contributed by atoms with Gasteiger partial charge < -0.3 is 15.4 Å². The van der Waals surface area contributed by atoms with Crippen molar-refractivity contribution in [1.82, 2.24) is 4.90 Å². The summed E-state index contributed by atoms with van der Waals surface area (Å²) in [5.41, 5.74) is 7.02. The average Bonchev–Trinajstić information content (AvgIpc) is 3.19. The van der Waals surface area contributed by atoms with Crippen LogP contribution in [0.25, 0.3) is 0 Å². The van der Waals surface area contributed by atoms with E-state index in [1.54, 1.807) is 25.3 Å². The lowest BCUT2D eigenvalue weighted by Crippen LogP contribution is -2.36. The maximum absolute atomic E-state index is 12.5. The minimum atomic E-state index is 0.0746. The second-order valence-corrected chi connectivity index (χ2v) is 5.54. The predicted octanol–water partition coefficient (Wildman–Crippen LogP) is 2.54. The molecule has 0 radical (unpaired) electrons. The Balaban J connectivity index is 2.19. The minimum Gasteiger partial charge on any atom is -0.495 e. The van der Waals surface area contributed by atoms with Gasteiger partial charge in [-0.1, -0.05) is 13.8 Å². The molecule has 0 unspecified atom stereocenters. The first-order valence-electron chi connectivity index (χ1n) is 6.77. The standard InChI is InChI=1S/C15H22N2O2/c1-10(2)9-17(12-5-6-12)15(18)11-4-7-14(19-3)13(16)8-11/h4,7-8,10,12H,5-6,9,16H2,1-3H3. The Morgan fingerprint density at radius 2 is 2.16 bits per heavy atom. The fourth-order valence-electron chi connectivity index (χ4n) is 2.21. The summed E-state index contributed by atoms with van der Waals surface area (Å²) in [7, 11) is 1.57. The van der Waals surface area contributed by atoms with Crippen LogP contribution in [0.15, 0.2) is 18.2 Å². The molecule has 0 aromatic heterocycles. The Morgan fingerprint density at radius 1 is 1.47 bits per heavy atom. The zero-order valence-corrected chi connectivity index (χ0v) is 11.8. The first kappa shape index (κ1) is 13.7. The van der Waals surface area contributed by atoms with E-state index < -0.39 is 0 Å². The second-order valence-electron chi connectivity index (χ2n) is 5.54. The molecule has 4 nitrogen and oxygen atoms in total. The van der Waals surface area contributed by atoms with Crippen LogP contribution in [0.2, 0.25) is 0 Å². The fraction of sp³-hybridized carbons (Fsp3) is 0.533. The molecule has 1 aromatic carbocycles. The number of nitrogen functional groups attached to an aromatic ring is 1. The molecule has 0 spiro atoms. The molecule has 1 saturated carbocycles. The summed E-state index contributed by atoms with van der Waals surface area (Å²) in [5.74, 6) is 1.16. The van der Waals surface area contributed by atoms with E-state index in [2.05, 4.69) is 13.8 Å². The monoisotopic (exact) mass is 262 g/mol. The molecule has 0 bridgehead atoms. The third-order valence-electron chi connectivity index (χ3n) is 3.29. The van der Waals surface area contributed by atoms with Gasteiger partial charge >= 0.3 is 0 Å². The van der Waals surface area contributed by atoms with Crippen LogP contribution in [0, 0.1) is 5.92 Å². The van der Waals surface area contributed by atoms with Crippen LogP contribution < -0.4 is 10.5 Å².